The van der Waals surface area contributed by atoms with Gasteiger partial charge in [-0.2, -0.15) is 0 Å². The number of aryl methyl sites for hydroxylation is 1. The molecule has 76 valence electrons. The largest absolute Gasteiger partial charge is 0.388 e. The average molecular weight is 191 g/mol. The molecule has 1 aromatic heterocycles. The molecular formula is C12H17NO. The molecule has 0 aromatic carbocycles. The van der Waals surface area contributed by atoms with Crippen LogP contribution in [0.15, 0.2) is 18.5 Å². The van der Waals surface area contributed by atoms with Crippen molar-refractivity contribution in [1.82, 2.24) is 4.98 Å². The predicted molar refractivity (Wildman–Crippen MR) is 55.8 cm³/mol. The molecule has 2 unspecified atom stereocenters. The summed E-state index contributed by atoms with van der Waals surface area (Å²) in [5.74, 6) is 0.935. The highest BCUT2D eigenvalue weighted by Crippen LogP contribution is 2.37. The number of hydrogen-bond donors (Lipinski definition) is 1. The summed E-state index contributed by atoms with van der Waals surface area (Å²) in [6.45, 7) is 4.35. The lowest BCUT2D eigenvalue weighted by Crippen LogP contribution is -2.24. The Morgan fingerprint density at radius 2 is 2.29 bits per heavy atom. The van der Waals surface area contributed by atoms with E-state index in [1.54, 1.807) is 6.20 Å². The number of hydrogen-bond acceptors (Lipinski definition) is 2. The molecule has 0 amide bonds. The van der Waals surface area contributed by atoms with Gasteiger partial charge in [-0.05, 0) is 36.3 Å². The van der Waals surface area contributed by atoms with Crippen molar-refractivity contribution in [2.75, 3.05) is 0 Å². The van der Waals surface area contributed by atoms with Crippen LogP contribution in [0.3, 0.4) is 0 Å². The summed E-state index contributed by atoms with van der Waals surface area (Å²) < 4.78 is 0. The lowest BCUT2D eigenvalue weighted by molar-refractivity contribution is 0.0666. The van der Waals surface area contributed by atoms with E-state index in [1.165, 1.54) is 5.56 Å². The summed E-state index contributed by atoms with van der Waals surface area (Å²) >= 11 is 0. The third-order valence-corrected chi connectivity index (χ3v) is 3.27. The van der Waals surface area contributed by atoms with Crippen LogP contribution < -0.4 is 0 Å². The second-order valence-corrected chi connectivity index (χ2v) is 4.47. The minimum atomic E-state index is -0.313. The second kappa shape index (κ2) is 3.70. The zero-order valence-electron chi connectivity index (χ0n) is 8.77. The summed E-state index contributed by atoms with van der Waals surface area (Å²) in [6, 6.07) is 2.02. The van der Waals surface area contributed by atoms with Crippen molar-refractivity contribution in [2.45, 2.75) is 32.8 Å². The molecule has 2 atom stereocenters. The van der Waals surface area contributed by atoms with Crippen molar-refractivity contribution in [1.29, 1.82) is 0 Å². The van der Waals surface area contributed by atoms with Crippen molar-refractivity contribution in [2.24, 2.45) is 11.8 Å². The van der Waals surface area contributed by atoms with Crippen LogP contribution in [0.25, 0.3) is 0 Å². The first-order valence-corrected chi connectivity index (χ1v) is 5.31. The number of pyridine rings is 1. The molecule has 2 rings (SSSR count). The first kappa shape index (κ1) is 9.66. The smallest absolute Gasteiger partial charge is 0.0838 e. The third-order valence-electron chi connectivity index (χ3n) is 3.27. The molecule has 0 spiro atoms. The van der Waals surface area contributed by atoms with E-state index in [4.69, 9.17) is 0 Å². The second-order valence-electron chi connectivity index (χ2n) is 4.47. The van der Waals surface area contributed by atoms with Gasteiger partial charge in [-0.15, -0.1) is 0 Å². The SMILES string of the molecule is CC(C)C1CCc2ccncc2C1O. The molecule has 1 aliphatic carbocycles. The van der Waals surface area contributed by atoms with Crippen LogP contribution in [0.5, 0.6) is 0 Å². The van der Waals surface area contributed by atoms with Gasteiger partial charge in [0.15, 0.2) is 0 Å². The maximum absolute atomic E-state index is 10.2. The van der Waals surface area contributed by atoms with Gasteiger partial charge >= 0.3 is 0 Å². The molecule has 0 saturated heterocycles. The van der Waals surface area contributed by atoms with Crippen LogP contribution in [0, 0.1) is 11.8 Å². The molecule has 1 N–H and O–H groups in total. The molecule has 2 nitrogen and oxygen atoms in total. The topological polar surface area (TPSA) is 33.1 Å². The molecule has 14 heavy (non-hydrogen) atoms. The van der Waals surface area contributed by atoms with Crippen molar-refractivity contribution < 1.29 is 5.11 Å². The molecule has 1 aliphatic rings. The number of nitrogens with zero attached hydrogens (tertiary/aromatic N) is 1. The van der Waals surface area contributed by atoms with E-state index in [1.807, 2.05) is 12.3 Å². The highest BCUT2D eigenvalue weighted by Gasteiger charge is 2.29. The zero-order valence-corrected chi connectivity index (χ0v) is 8.77. The standard InChI is InChI=1S/C12H17NO/c1-8(2)10-4-3-9-5-6-13-7-11(9)12(10)14/h5-8,10,12,14H,3-4H2,1-2H3. The van der Waals surface area contributed by atoms with Crippen LogP contribution in [-0.4, -0.2) is 10.1 Å². The number of aromatic nitrogens is 1. The summed E-state index contributed by atoms with van der Waals surface area (Å²) in [5.41, 5.74) is 2.31. The van der Waals surface area contributed by atoms with E-state index in [-0.39, 0.29) is 6.10 Å². The Morgan fingerprint density at radius 1 is 1.50 bits per heavy atom. The van der Waals surface area contributed by atoms with Gasteiger partial charge in [-0.25, -0.2) is 0 Å². The van der Waals surface area contributed by atoms with E-state index in [9.17, 15) is 5.11 Å². The van der Waals surface area contributed by atoms with Crippen molar-refractivity contribution in [3.8, 4) is 0 Å². The van der Waals surface area contributed by atoms with Crippen LogP contribution in [0.1, 0.15) is 37.5 Å². The summed E-state index contributed by atoms with van der Waals surface area (Å²) in [4.78, 5) is 4.08. The number of fused-ring (bicyclic) bond motifs is 1. The average Bonchev–Trinajstić information content (AvgIpc) is 2.18. The summed E-state index contributed by atoms with van der Waals surface area (Å²) in [7, 11) is 0. The van der Waals surface area contributed by atoms with E-state index in [2.05, 4.69) is 18.8 Å². The van der Waals surface area contributed by atoms with Gasteiger partial charge in [0.2, 0.25) is 0 Å². The Bertz CT molecular complexity index is 322. The molecule has 1 aromatic rings. The van der Waals surface area contributed by atoms with Crippen molar-refractivity contribution >= 4 is 0 Å². The normalized spacial score (nSPS) is 26.3. The highest BCUT2D eigenvalue weighted by atomic mass is 16.3. The van der Waals surface area contributed by atoms with Gasteiger partial charge in [0.25, 0.3) is 0 Å². The zero-order chi connectivity index (χ0) is 10.1. The molecular weight excluding hydrogens is 174 g/mol. The lowest BCUT2D eigenvalue weighted by Gasteiger charge is -2.32. The first-order chi connectivity index (χ1) is 6.70. The fraction of sp³-hybridized carbons (Fsp3) is 0.583. The third kappa shape index (κ3) is 1.55. The molecule has 0 radical (unpaired) electrons. The fourth-order valence-corrected chi connectivity index (χ4v) is 2.34. The van der Waals surface area contributed by atoms with Gasteiger partial charge in [0.1, 0.15) is 0 Å². The maximum Gasteiger partial charge on any atom is 0.0838 e. The maximum atomic E-state index is 10.2. The molecule has 0 aliphatic heterocycles. The minimum absolute atomic E-state index is 0.313. The van der Waals surface area contributed by atoms with E-state index in [0.717, 1.165) is 18.4 Å². The Kier molecular flexibility index (Phi) is 2.55. The van der Waals surface area contributed by atoms with Crippen molar-refractivity contribution in [3.63, 3.8) is 0 Å². The molecule has 0 fully saturated rings. The quantitative estimate of drug-likeness (QED) is 0.739. The first-order valence-electron chi connectivity index (χ1n) is 5.31. The summed E-state index contributed by atoms with van der Waals surface area (Å²) in [6.07, 6.45) is 5.48. The van der Waals surface area contributed by atoms with Crippen LogP contribution in [0.2, 0.25) is 0 Å². The molecule has 2 heteroatoms. The van der Waals surface area contributed by atoms with Gasteiger partial charge in [-0.1, -0.05) is 13.8 Å². The Labute approximate surface area is 85.0 Å². The molecule has 1 heterocycles. The van der Waals surface area contributed by atoms with E-state index < -0.39 is 0 Å². The Hall–Kier alpha value is -0.890. The van der Waals surface area contributed by atoms with Gasteiger partial charge in [0.05, 0.1) is 6.10 Å². The fourth-order valence-electron chi connectivity index (χ4n) is 2.34. The predicted octanol–water partition coefficient (Wildman–Crippen LogP) is 2.33. The monoisotopic (exact) mass is 191 g/mol. The number of rotatable bonds is 1. The van der Waals surface area contributed by atoms with Gasteiger partial charge in [-0.3, -0.25) is 4.98 Å². The van der Waals surface area contributed by atoms with Crippen LogP contribution in [-0.2, 0) is 6.42 Å². The number of aliphatic hydroxyl groups excluding tert-OH is 1. The van der Waals surface area contributed by atoms with Crippen LogP contribution >= 0.6 is 0 Å². The van der Waals surface area contributed by atoms with Crippen LogP contribution in [0.4, 0.5) is 0 Å². The van der Waals surface area contributed by atoms with Gasteiger partial charge < -0.3 is 5.11 Å². The molecule has 0 saturated carbocycles. The summed E-state index contributed by atoms with van der Waals surface area (Å²) in [5, 5.41) is 10.2. The lowest BCUT2D eigenvalue weighted by atomic mass is 9.77. The Morgan fingerprint density at radius 3 is 3.00 bits per heavy atom. The Balaban J connectivity index is 2.31. The highest BCUT2D eigenvalue weighted by molar-refractivity contribution is 5.28. The number of aliphatic hydroxyl groups is 1. The minimum Gasteiger partial charge on any atom is -0.388 e. The van der Waals surface area contributed by atoms with Gasteiger partial charge in [0, 0.05) is 18.0 Å². The van der Waals surface area contributed by atoms with E-state index >= 15 is 0 Å². The van der Waals surface area contributed by atoms with E-state index in [0.29, 0.717) is 11.8 Å². The van der Waals surface area contributed by atoms with Crippen molar-refractivity contribution in [3.05, 3.63) is 29.6 Å². The molecule has 0 bridgehead atoms.